The first-order chi connectivity index (χ1) is 21.7. The van der Waals surface area contributed by atoms with E-state index in [4.69, 9.17) is 0 Å². The SMILES string of the molecule is [CH3][Ge][CH3].[CH3][Ge][CH3].c1cc[c]([Ge]([c]2ccccc2)[c]2ccccc2)cc1.c1cc[c]([Ge]([c]2ccccc2)[c]2ccccc2)cc1. The van der Waals surface area contributed by atoms with Gasteiger partial charge in [-0.3, -0.25) is 0 Å². The van der Waals surface area contributed by atoms with E-state index in [0.717, 1.165) is 0 Å². The zero-order valence-corrected chi connectivity index (χ0v) is 34.7. The van der Waals surface area contributed by atoms with Crippen molar-refractivity contribution in [1.82, 2.24) is 0 Å². The zero-order valence-electron chi connectivity index (χ0n) is 26.3. The van der Waals surface area contributed by atoms with E-state index in [1.54, 1.807) is 0 Å². The average Bonchev–Trinajstić information content (AvgIpc) is 3.09. The van der Waals surface area contributed by atoms with Gasteiger partial charge in [-0.25, -0.2) is 0 Å². The van der Waals surface area contributed by atoms with Gasteiger partial charge in [0.1, 0.15) is 0 Å². The van der Waals surface area contributed by atoms with E-state index < -0.39 is 28.7 Å². The number of hydrogen-bond donors (Lipinski definition) is 0. The van der Waals surface area contributed by atoms with Gasteiger partial charge in [0.15, 0.2) is 0 Å². The van der Waals surface area contributed by atoms with Gasteiger partial charge in [0, 0.05) is 0 Å². The van der Waals surface area contributed by atoms with Crippen molar-refractivity contribution in [3.8, 4) is 0 Å². The molecule has 0 aliphatic carbocycles. The van der Waals surface area contributed by atoms with E-state index in [9.17, 15) is 0 Å². The molecule has 0 aliphatic heterocycles. The number of rotatable bonds is 6. The van der Waals surface area contributed by atoms with Crippen molar-refractivity contribution in [3.05, 3.63) is 182 Å². The molecule has 0 aliphatic rings. The molecule has 0 N–H and O–H groups in total. The fourth-order valence-electron chi connectivity index (χ4n) is 4.63. The summed E-state index contributed by atoms with van der Waals surface area (Å²) < 4.78 is 9.00. The van der Waals surface area contributed by atoms with Crippen LogP contribution in [0.15, 0.2) is 182 Å². The Hall–Kier alpha value is -2.51. The molecule has 0 heterocycles. The second-order valence-corrected chi connectivity index (χ2v) is 24.6. The van der Waals surface area contributed by atoms with Crippen LogP contribution in [0.5, 0.6) is 0 Å². The van der Waals surface area contributed by atoms with Gasteiger partial charge >= 0.3 is 291 Å². The van der Waals surface area contributed by atoms with Gasteiger partial charge in [0.2, 0.25) is 0 Å². The van der Waals surface area contributed by atoms with E-state index in [1.165, 1.54) is 26.4 Å². The Morgan fingerprint density at radius 3 is 0.477 bits per heavy atom. The third-order valence-corrected chi connectivity index (χ3v) is 17.8. The summed E-state index contributed by atoms with van der Waals surface area (Å²) in [5.41, 5.74) is 0. The molecule has 6 rings (SSSR count). The van der Waals surface area contributed by atoms with Crippen LogP contribution < -0.4 is 26.4 Å². The molecular weight excluding hydrogens is 771 g/mol. The van der Waals surface area contributed by atoms with Gasteiger partial charge < -0.3 is 0 Å². The molecule has 0 atom stereocenters. The van der Waals surface area contributed by atoms with E-state index >= 15 is 0 Å². The monoisotopic (exact) mass is 818 g/mol. The second-order valence-electron chi connectivity index (χ2n) is 9.95. The summed E-state index contributed by atoms with van der Waals surface area (Å²) in [6.07, 6.45) is 0. The molecule has 4 heteroatoms. The molecule has 0 spiro atoms. The fourth-order valence-corrected chi connectivity index (χ4v) is 15.4. The molecular formula is C40H42Ge4. The van der Waals surface area contributed by atoms with Gasteiger partial charge in [-0.05, 0) is 0 Å². The molecule has 44 heavy (non-hydrogen) atoms. The van der Waals surface area contributed by atoms with E-state index in [1.807, 2.05) is 0 Å². The van der Waals surface area contributed by atoms with E-state index in [-0.39, 0.29) is 0 Å². The Morgan fingerprint density at radius 2 is 0.364 bits per heavy atom. The Balaban J connectivity index is 0.000000204. The van der Waals surface area contributed by atoms with Gasteiger partial charge in [-0.2, -0.15) is 0 Å². The average molecular weight is 813 g/mol. The molecule has 0 saturated carbocycles. The Labute approximate surface area is 288 Å². The minimum absolute atomic E-state index is 0.500. The first-order valence-electron chi connectivity index (χ1n) is 15.0. The summed E-state index contributed by atoms with van der Waals surface area (Å²) in [5.74, 6) is 9.00. The van der Waals surface area contributed by atoms with E-state index in [0.29, 0.717) is 30.9 Å². The summed E-state index contributed by atoms with van der Waals surface area (Å²) in [6, 6.07) is 65.6. The molecule has 0 unspecified atom stereocenters. The second kappa shape index (κ2) is 22.1. The molecule has 0 fully saturated rings. The van der Waals surface area contributed by atoms with Crippen LogP contribution in [0.25, 0.3) is 0 Å². The Kier molecular flexibility index (Phi) is 18.0. The topological polar surface area (TPSA) is 0 Å². The summed E-state index contributed by atoms with van der Waals surface area (Å²) in [7, 11) is 0. The molecule has 0 bridgehead atoms. The van der Waals surface area contributed by atoms with Crippen LogP contribution in [0.4, 0.5) is 0 Å². The Bertz CT molecular complexity index is 1210. The summed E-state index contributed by atoms with van der Waals surface area (Å²) in [4.78, 5) is 0. The number of hydrogen-bond acceptors (Lipinski definition) is 0. The van der Waals surface area contributed by atoms with Crippen molar-refractivity contribution in [2.75, 3.05) is 0 Å². The molecule has 0 saturated heterocycles. The Morgan fingerprint density at radius 1 is 0.250 bits per heavy atom. The standard InChI is InChI=1S/2C18H15Ge.2C2H6Ge/c2*1-4-10-16(11-5-1)19(17-12-6-2-7-13-17)18-14-8-3-9-15-18;2*1-3-2/h2*1-15H;2*1-2H3. The van der Waals surface area contributed by atoms with Crippen LogP contribution >= 0.6 is 0 Å². The van der Waals surface area contributed by atoms with Gasteiger partial charge in [0.25, 0.3) is 0 Å². The van der Waals surface area contributed by atoms with Gasteiger partial charge in [0.05, 0.1) is 0 Å². The maximum atomic E-state index is 2.27. The zero-order chi connectivity index (χ0) is 31.2. The maximum absolute atomic E-state index is 2.27. The molecule has 0 amide bonds. The molecule has 0 nitrogen and oxygen atoms in total. The van der Waals surface area contributed by atoms with E-state index in [2.05, 4.69) is 205 Å². The van der Waals surface area contributed by atoms with Crippen molar-refractivity contribution in [1.29, 1.82) is 0 Å². The predicted octanol–water partition coefficient (Wildman–Crippen LogP) is 5.98. The summed E-state index contributed by atoms with van der Waals surface area (Å²) in [5, 5.41) is 0. The molecule has 6 aromatic carbocycles. The van der Waals surface area contributed by atoms with Crippen molar-refractivity contribution < 1.29 is 0 Å². The van der Waals surface area contributed by atoms with Crippen LogP contribution in [0.1, 0.15) is 0 Å². The first kappa shape index (κ1) is 36.0. The van der Waals surface area contributed by atoms with Crippen molar-refractivity contribution >= 4 is 85.9 Å². The summed E-state index contributed by atoms with van der Waals surface area (Å²) in [6.45, 7) is 0. The first-order valence-corrected chi connectivity index (χ1v) is 29.7. The normalized spacial score (nSPS) is 9.95. The minimum atomic E-state index is -1.63. The van der Waals surface area contributed by atoms with Crippen LogP contribution in [0, 0.1) is 0 Å². The quantitative estimate of drug-likeness (QED) is 0.182. The van der Waals surface area contributed by atoms with Gasteiger partial charge in [-0.1, -0.05) is 0 Å². The van der Waals surface area contributed by atoms with Crippen molar-refractivity contribution in [3.63, 3.8) is 0 Å². The predicted molar refractivity (Wildman–Crippen MR) is 203 cm³/mol. The third kappa shape index (κ3) is 12.1. The molecule has 6 radical (unpaired) electrons. The molecule has 218 valence electrons. The molecule has 0 aromatic heterocycles. The summed E-state index contributed by atoms with van der Waals surface area (Å²) >= 11 is -2.26. The molecule has 6 aromatic rings. The van der Waals surface area contributed by atoms with Crippen LogP contribution in [-0.4, -0.2) is 59.6 Å². The van der Waals surface area contributed by atoms with Crippen LogP contribution in [0.2, 0.25) is 23.0 Å². The number of benzene rings is 6. The third-order valence-electron chi connectivity index (χ3n) is 6.37. The van der Waals surface area contributed by atoms with Crippen LogP contribution in [0.3, 0.4) is 0 Å². The fraction of sp³-hybridized carbons (Fsp3) is 0.100. The van der Waals surface area contributed by atoms with Gasteiger partial charge in [-0.15, -0.1) is 0 Å². The van der Waals surface area contributed by atoms with Crippen molar-refractivity contribution in [2.45, 2.75) is 23.0 Å². The van der Waals surface area contributed by atoms with Crippen LogP contribution in [-0.2, 0) is 0 Å². The van der Waals surface area contributed by atoms with Crippen molar-refractivity contribution in [2.24, 2.45) is 0 Å².